The summed E-state index contributed by atoms with van der Waals surface area (Å²) in [5.74, 6) is -0.168. The summed E-state index contributed by atoms with van der Waals surface area (Å²) >= 11 is 0. The predicted molar refractivity (Wildman–Crippen MR) is 102 cm³/mol. The van der Waals surface area contributed by atoms with E-state index < -0.39 is 17.9 Å². The van der Waals surface area contributed by atoms with Gasteiger partial charge in [0.2, 0.25) is 0 Å². The molecule has 28 heavy (non-hydrogen) atoms. The number of carbonyl (C=O) groups is 3. The van der Waals surface area contributed by atoms with Crippen molar-refractivity contribution in [3.8, 4) is 23.0 Å². The van der Waals surface area contributed by atoms with E-state index in [1.807, 2.05) is 0 Å². The standard InChI is InChI=1S/C21H20O7/c1-13(22)26-18-9-17(10-19(12-18)27-14(2)23)6-5-16-7-8-20(28-15(3)24)21(11-16)25-4/h5-12H,1-4H3/b6-5+. The monoisotopic (exact) mass is 384 g/mol. The van der Waals surface area contributed by atoms with Crippen LogP contribution in [-0.4, -0.2) is 25.0 Å². The lowest BCUT2D eigenvalue weighted by atomic mass is 10.1. The molecule has 0 aliphatic rings. The SMILES string of the molecule is COc1cc(/C=C/c2cc(OC(C)=O)cc(OC(C)=O)c2)ccc1OC(C)=O. The molecule has 0 amide bonds. The van der Waals surface area contributed by atoms with Crippen molar-refractivity contribution in [3.05, 3.63) is 47.5 Å². The van der Waals surface area contributed by atoms with Gasteiger partial charge in [-0.15, -0.1) is 0 Å². The number of rotatable bonds is 6. The third-order valence-corrected chi connectivity index (χ3v) is 3.34. The number of hydrogen-bond acceptors (Lipinski definition) is 7. The summed E-state index contributed by atoms with van der Waals surface area (Å²) in [7, 11) is 1.48. The highest BCUT2D eigenvalue weighted by molar-refractivity contribution is 5.76. The van der Waals surface area contributed by atoms with Crippen molar-refractivity contribution in [1.82, 2.24) is 0 Å². The van der Waals surface area contributed by atoms with E-state index in [0.717, 1.165) is 5.56 Å². The van der Waals surface area contributed by atoms with Gasteiger partial charge in [-0.3, -0.25) is 14.4 Å². The molecular weight excluding hydrogens is 364 g/mol. The predicted octanol–water partition coefficient (Wildman–Crippen LogP) is 3.64. The Kier molecular flexibility index (Phi) is 6.92. The molecule has 2 aromatic rings. The van der Waals surface area contributed by atoms with Gasteiger partial charge in [0, 0.05) is 26.8 Å². The Morgan fingerprint density at radius 2 is 1.21 bits per heavy atom. The van der Waals surface area contributed by atoms with Gasteiger partial charge in [0.15, 0.2) is 11.5 Å². The first-order valence-electron chi connectivity index (χ1n) is 8.33. The minimum Gasteiger partial charge on any atom is -0.493 e. The zero-order chi connectivity index (χ0) is 20.7. The Labute approximate surface area is 162 Å². The quantitative estimate of drug-likeness (QED) is 0.427. The minimum atomic E-state index is -0.485. The molecule has 0 aliphatic heterocycles. The molecule has 0 aromatic heterocycles. The van der Waals surface area contributed by atoms with Gasteiger partial charge >= 0.3 is 17.9 Å². The molecule has 0 saturated heterocycles. The fourth-order valence-electron chi connectivity index (χ4n) is 2.36. The molecule has 0 fully saturated rings. The average Bonchev–Trinajstić information content (AvgIpc) is 2.59. The van der Waals surface area contributed by atoms with Crippen molar-refractivity contribution in [2.24, 2.45) is 0 Å². The van der Waals surface area contributed by atoms with E-state index in [9.17, 15) is 14.4 Å². The summed E-state index contributed by atoms with van der Waals surface area (Å²) in [6, 6.07) is 9.80. The molecular formula is C21H20O7. The molecule has 0 spiro atoms. The molecule has 0 bridgehead atoms. The summed E-state index contributed by atoms with van der Waals surface area (Å²) in [6.07, 6.45) is 3.53. The molecule has 0 unspecified atom stereocenters. The van der Waals surface area contributed by atoms with Gasteiger partial charge < -0.3 is 18.9 Å². The lowest BCUT2D eigenvalue weighted by molar-refractivity contribution is -0.133. The molecule has 0 aliphatic carbocycles. The highest BCUT2D eigenvalue weighted by Crippen LogP contribution is 2.30. The molecule has 0 N–H and O–H groups in total. The molecule has 7 nitrogen and oxygen atoms in total. The lowest BCUT2D eigenvalue weighted by Crippen LogP contribution is -2.04. The van der Waals surface area contributed by atoms with E-state index in [4.69, 9.17) is 18.9 Å². The summed E-state index contributed by atoms with van der Waals surface area (Å²) in [6.45, 7) is 3.87. The van der Waals surface area contributed by atoms with Crippen LogP contribution in [0.15, 0.2) is 36.4 Å². The zero-order valence-electron chi connectivity index (χ0n) is 16.0. The topological polar surface area (TPSA) is 88.1 Å². The summed E-state index contributed by atoms with van der Waals surface area (Å²) in [4.78, 5) is 33.6. The molecule has 0 saturated carbocycles. The normalized spacial score (nSPS) is 10.4. The van der Waals surface area contributed by atoms with Crippen LogP contribution in [0, 0.1) is 0 Å². The maximum Gasteiger partial charge on any atom is 0.308 e. The van der Waals surface area contributed by atoms with Crippen LogP contribution < -0.4 is 18.9 Å². The third-order valence-electron chi connectivity index (χ3n) is 3.34. The van der Waals surface area contributed by atoms with Crippen LogP contribution in [0.4, 0.5) is 0 Å². The Hall–Kier alpha value is -3.61. The molecule has 146 valence electrons. The first kappa shape index (κ1) is 20.7. The van der Waals surface area contributed by atoms with Crippen molar-refractivity contribution in [2.45, 2.75) is 20.8 Å². The van der Waals surface area contributed by atoms with E-state index in [2.05, 4.69) is 0 Å². The van der Waals surface area contributed by atoms with E-state index >= 15 is 0 Å². The van der Waals surface area contributed by atoms with Gasteiger partial charge in [-0.1, -0.05) is 18.2 Å². The van der Waals surface area contributed by atoms with Crippen LogP contribution >= 0.6 is 0 Å². The van der Waals surface area contributed by atoms with Crippen LogP contribution in [0.3, 0.4) is 0 Å². The maximum absolute atomic E-state index is 11.2. The Morgan fingerprint density at radius 3 is 1.71 bits per heavy atom. The Morgan fingerprint density at radius 1 is 0.679 bits per heavy atom. The van der Waals surface area contributed by atoms with Crippen molar-refractivity contribution >= 4 is 30.1 Å². The van der Waals surface area contributed by atoms with Crippen molar-refractivity contribution in [1.29, 1.82) is 0 Å². The van der Waals surface area contributed by atoms with E-state index in [0.29, 0.717) is 17.1 Å². The van der Waals surface area contributed by atoms with Crippen LogP contribution in [0.5, 0.6) is 23.0 Å². The van der Waals surface area contributed by atoms with Gasteiger partial charge in [0.05, 0.1) is 7.11 Å². The van der Waals surface area contributed by atoms with Crippen molar-refractivity contribution in [3.63, 3.8) is 0 Å². The molecule has 0 atom stereocenters. The average molecular weight is 384 g/mol. The first-order valence-corrected chi connectivity index (χ1v) is 8.33. The number of esters is 3. The highest BCUT2D eigenvalue weighted by atomic mass is 16.6. The first-order chi connectivity index (χ1) is 13.3. The van der Waals surface area contributed by atoms with Crippen molar-refractivity contribution in [2.75, 3.05) is 7.11 Å². The van der Waals surface area contributed by atoms with Crippen LogP contribution in [0.1, 0.15) is 31.9 Å². The molecule has 2 rings (SSSR count). The van der Waals surface area contributed by atoms with Gasteiger partial charge in [-0.25, -0.2) is 0 Å². The Balaban J connectivity index is 2.32. The number of hydrogen-bond donors (Lipinski definition) is 0. The van der Waals surface area contributed by atoms with E-state index in [1.165, 1.54) is 33.9 Å². The van der Waals surface area contributed by atoms with E-state index in [1.54, 1.807) is 42.5 Å². The van der Waals surface area contributed by atoms with Gasteiger partial charge in [-0.2, -0.15) is 0 Å². The minimum absolute atomic E-state index is 0.258. The van der Waals surface area contributed by atoms with Gasteiger partial charge in [0.1, 0.15) is 11.5 Å². The van der Waals surface area contributed by atoms with Crippen LogP contribution in [0.25, 0.3) is 12.2 Å². The number of methoxy groups -OCH3 is 1. The zero-order valence-corrected chi connectivity index (χ0v) is 16.0. The third kappa shape index (κ3) is 6.28. The lowest BCUT2D eigenvalue weighted by Gasteiger charge is -2.09. The molecule has 7 heteroatoms. The second-order valence-corrected chi connectivity index (χ2v) is 5.76. The number of ether oxygens (including phenoxy) is 4. The van der Waals surface area contributed by atoms with Gasteiger partial charge in [0.25, 0.3) is 0 Å². The second kappa shape index (κ2) is 9.36. The summed E-state index contributed by atoms with van der Waals surface area (Å²) in [5, 5.41) is 0. The molecule has 0 radical (unpaired) electrons. The highest BCUT2D eigenvalue weighted by Gasteiger charge is 2.08. The fourth-order valence-corrected chi connectivity index (χ4v) is 2.36. The van der Waals surface area contributed by atoms with Crippen LogP contribution in [-0.2, 0) is 14.4 Å². The largest absolute Gasteiger partial charge is 0.493 e. The molecule has 2 aromatic carbocycles. The number of benzene rings is 2. The number of carbonyl (C=O) groups excluding carboxylic acids is 3. The fraction of sp³-hybridized carbons (Fsp3) is 0.190. The van der Waals surface area contributed by atoms with Gasteiger partial charge in [-0.05, 0) is 35.4 Å². The summed E-state index contributed by atoms with van der Waals surface area (Å²) < 4.78 is 20.5. The van der Waals surface area contributed by atoms with Crippen molar-refractivity contribution < 1.29 is 33.3 Å². The maximum atomic E-state index is 11.2. The molecule has 0 heterocycles. The second-order valence-electron chi connectivity index (χ2n) is 5.76. The smallest absolute Gasteiger partial charge is 0.308 e. The Bertz CT molecular complexity index is 894. The summed E-state index contributed by atoms with van der Waals surface area (Å²) in [5.41, 5.74) is 1.43. The van der Waals surface area contributed by atoms with E-state index in [-0.39, 0.29) is 11.5 Å². The van der Waals surface area contributed by atoms with Crippen LogP contribution in [0.2, 0.25) is 0 Å².